The standard InChI is InChI=1S/C15H20BrN5/c1-10-8-12(2-3-13(10)16)14-18-15(20-19-14)21-6-4-11(9-17)5-7-21/h2-3,8,11H,4-7,9,17H2,1H3,(H,18,19,20). The van der Waals surface area contributed by atoms with E-state index in [1.54, 1.807) is 0 Å². The number of aryl methyl sites for hydroxylation is 1. The van der Waals surface area contributed by atoms with Gasteiger partial charge in [-0.15, -0.1) is 5.10 Å². The first-order valence-electron chi connectivity index (χ1n) is 7.31. The van der Waals surface area contributed by atoms with E-state index >= 15 is 0 Å². The molecular weight excluding hydrogens is 330 g/mol. The minimum absolute atomic E-state index is 0.647. The number of halogens is 1. The summed E-state index contributed by atoms with van der Waals surface area (Å²) in [5, 5.41) is 7.41. The van der Waals surface area contributed by atoms with E-state index in [1.807, 2.05) is 12.1 Å². The van der Waals surface area contributed by atoms with Crippen molar-refractivity contribution in [3.05, 3.63) is 28.2 Å². The zero-order chi connectivity index (χ0) is 14.8. The van der Waals surface area contributed by atoms with Crippen LogP contribution < -0.4 is 10.6 Å². The van der Waals surface area contributed by atoms with Crippen molar-refractivity contribution in [1.29, 1.82) is 0 Å². The van der Waals surface area contributed by atoms with Gasteiger partial charge in [0, 0.05) is 23.1 Å². The normalized spacial score (nSPS) is 16.4. The third-order valence-electron chi connectivity index (χ3n) is 4.14. The first kappa shape index (κ1) is 14.5. The quantitative estimate of drug-likeness (QED) is 0.893. The number of hydrogen-bond donors (Lipinski definition) is 2. The van der Waals surface area contributed by atoms with E-state index in [0.717, 1.165) is 54.3 Å². The van der Waals surface area contributed by atoms with E-state index in [2.05, 4.69) is 49.0 Å². The minimum Gasteiger partial charge on any atom is -0.340 e. The first-order valence-corrected chi connectivity index (χ1v) is 8.10. The van der Waals surface area contributed by atoms with Gasteiger partial charge >= 0.3 is 0 Å². The Kier molecular flexibility index (Phi) is 4.26. The fraction of sp³-hybridized carbons (Fsp3) is 0.467. The average Bonchev–Trinajstić information content (AvgIpc) is 3.00. The molecule has 1 aliphatic rings. The van der Waals surface area contributed by atoms with Gasteiger partial charge in [0.15, 0.2) is 5.82 Å². The van der Waals surface area contributed by atoms with Gasteiger partial charge in [0.1, 0.15) is 0 Å². The van der Waals surface area contributed by atoms with Crippen LogP contribution in [0.25, 0.3) is 11.4 Å². The Morgan fingerprint density at radius 3 is 2.81 bits per heavy atom. The predicted octanol–water partition coefficient (Wildman–Crippen LogP) is 2.72. The molecule has 0 bridgehead atoms. The Hall–Kier alpha value is -1.40. The highest BCUT2D eigenvalue weighted by atomic mass is 79.9. The smallest absolute Gasteiger partial charge is 0.245 e. The second kappa shape index (κ2) is 6.15. The lowest BCUT2D eigenvalue weighted by Gasteiger charge is -2.30. The fourth-order valence-corrected chi connectivity index (χ4v) is 2.93. The van der Waals surface area contributed by atoms with E-state index in [9.17, 15) is 0 Å². The van der Waals surface area contributed by atoms with Crippen molar-refractivity contribution in [2.45, 2.75) is 19.8 Å². The molecule has 0 radical (unpaired) electrons. The molecule has 1 fully saturated rings. The number of aromatic amines is 1. The van der Waals surface area contributed by atoms with E-state index in [-0.39, 0.29) is 0 Å². The van der Waals surface area contributed by atoms with Crippen LogP contribution in [0.1, 0.15) is 18.4 Å². The maximum absolute atomic E-state index is 5.73. The lowest BCUT2D eigenvalue weighted by Crippen LogP contribution is -2.36. The van der Waals surface area contributed by atoms with Gasteiger partial charge < -0.3 is 10.6 Å². The van der Waals surface area contributed by atoms with Crippen molar-refractivity contribution in [1.82, 2.24) is 15.2 Å². The van der Waals surface area contributed by atoms with Gasteiger partial charge in [-0.05, 0) is 49.9 Å². The third kappa shape index (κ3) is 3.11. The van der Waals surface area contributed by atoms with Gasteiger partial charge in [-0.1, -0.05) is 22.0 Å². The second-order valence-corrected chi connectivity index (χ2v) is 6.47. The molecule has 1 saturated heterocycles. The first-order chi connectivity index (χ1) is 10.2. The second-order valence-electron chi connectivity index (χ2n) is 5.61. The van der Waals surface area contributed by atoms with Crippen molar-refractivity contribution < 1.29 is 0 Å². The Bertz CT molecular complexity index is 616. The molecule has 0 amide bonds. The topological polar surface area (TPSA) is 70.8 Å². The highest BCUT2D eigenvalue weighted by molar-refractivity contribution is 9.10. The van der Waals surface area contributed by atoms with Gasteiger partial charge in [0.2, 0.25) is 5.95 Å². The van der Waals surface area contributed by atoms with Crippen LogP contribution in [0.5, 0.6) is 0 Å². The van der Waals surface area contributed by atoms with Crippen LogP contribution in [-0.2, 0) is 0 Å². The summed E-state index contributed by atoms with van der Waals surface area (Å²) >= 11 is 3.52. The molecule has 2 heterocycles. The summed E-state index contributed by atoms with van der Waals surface area (Å²) in [6, 6.07) is 6.19. The Labute approximate surface area is 133 Å². The maximum Gasteiger partial charge on any atom is 0.245 e. The Balaban J connectivity index is 1.76. The fourth-order valence-electron chi connectivity index (χ4n) is 2.68. The summed E-state index contributed by atoms with van der Waals surface area (Å²) in [6.07, 6.45) is 2.25. The molecule has 0 atom stereocenters. The molecule has 1 aromatic heterocycles. The lowest BCUT2D eigenvalue weighted by molar-refractivity contribution is 0.411. The lowest BCUT2D eigenvalue weighted by atomic mass is 9.97. The molecule has 3 N–H and O–H groups in total. The van der Waals surface area contributed by atoms with Crippen LogP contribution in [0.4, 0.5) is 5.95 Å². The number of H-pyrrole nitrogens is 1. The molecule has 1 aromatic carbocycles. The Morgan fingerprint density at radius 1 is 1.38 bits per heavy atom. The van der Waals surface area contributed by atoms with Crippen LogP contribution in [0.2, 0.25) is 0 Å². The molecule has 5 nitrogen and oxygen atoms in total. The summed E-state index contributed by atoms with van der Waals surface area (Å²) < 4.78 is 1.11. The van der Waals surface area contributed by atoms with E-state index in [0.29, 0.717) is 5.92 Å². The minimum atomic E-state index is 0.647. The van der Waals surface area contributed by atoms with E-state index < -0.39 is 0 Å². The molecule has 112 valence electrons. The monoisotopic (exact) mass is 349 g/mol. The predicted molar refractivity (Wildman–Crippen MR) is 88.2 cm³/mol. The summed E-state index contributed by atoms with van der Waals surface area (Å²) in [7, 11) is 0. The number of hydrogen-bond acceptors (Lipinski definition) is 4. The molecule has 0 unspecified atom stereocenters. The molecule has 21 heavy (non-hydrogen) atoms. The number of nitrogens with two attached hydrogens (primary N) is 1. The van der Waals surface area contributed by atoms with Crippen LogP contribution in [-0.4, -0.2) is 34.8 Å². The number of rotatable bonds is 3. The molecule has 0 saturated carbocycles. The number of benzene rings is 1. The van der Waals surface area contributed by atoms with Crippen LogP contribution in [0.15, 0.2) is 22.7 Å². The average molecular weight is 350 g/mol. The molecule has 2 aromatic rings. The molecule has 3 rings (SSSR count). The van der Waals surface area contributed by atoms with Crippen molar-refractivity contribution in [2.75, 3.05) is 24.5 Å². The van der Waals surface area contributed by atoms with Crippen LogP contribution in [0.3, 0.4) is 0 Å². The summed E-state index contributed by atoms with van der Waals surface area (Å²) in [4.78, 5) is 6.87. The maximum atomic E-state index is 5.73. The van der Waals surface area contributed by atoms with Gasteiger partial charge in [0.05, 0.1) is 0 Å². The SMILES string of the molecule is Cc1cc(-c2nc(N3CCC(CN)CC3)n[nH]2)ccc1Br. The van der Waals surface area contributed by atoms with Crippen molar-refractivity contribution >= 4 is 21.9 Å². The molecule has 0 aliphatic carbocycles. The van der Waals surface area contributed by atoms with Gasteiger partial charge in [-0.2, -0.15) is 4.98 Å². The van der Waals surface area contributed by atoms with E-state index in [4.69, 9.17) is 5.73 Å². The third-order valence-corrected chi connectivity index (χ3v) is 5.03. The summed E-state index contributed by atoms with van der Waals surface area (Å²) in [5.41, 5.74) is 7.98. The number of anilines is 1. The van der Waals surface area contributed by atoms with Crippen LogP contribution >= 0.6 is 15.9 Å². The zero-order valence-electron chi connectivity index (χ0n) is 12.1. The molecule has 0 spiro atoms. The summed E-state index contributed by atoms with van der Waals surface area (Å²) in [6.45, 7) is 4.82. The zero-order valence-corrected chi connectivity index (χ0v) is 13.7. The van der Waals surface area contributed by atoms with E-state index in [1.165, 1.54) is 5.56 Å². The van der Waals surface area contributed by atoms with Gasteiger partial charge in [-0.25, -0.2) is 0 Å². The highest BCUT2D eigenvalue weighted by Gasteiger charge is 2.21. The van der Waals surface area contributed by atoms with Crippen molar-refractivity contribution in [2.24, 2.45) is 11.7 Å². The van der Waals surface area contributed by atoms with Gasteiger partial charge in [0.25, 0.3) is 0 Å². The number of nitrogens with zero attached hydrogens (tertiary/aromatic N) is 3. The summed E-state index contributed by atoms with van der Waals surface area (Å²) in [5.74, 6) is 2.26. The van der Waals surface area contributed by atoms with Crippen molar-refractivity contribution in [3.8, 4) is 11.4 Å². The van der Waals surface area contributed by atoms with Gasteiger partial charge in [-0.3, -0.25) is 5.10 Å². The van der Waals surface area contributed by atoms with Crippen LogP contribution in [0, 0.1) is 12.8 Å². The highest BCUT2D eigenvalue weighted by Crippen LogP contribution is 2.25. The number of nitrogens with one attached hydrogen (secondary N) is 1. The molecule has 6 heteroatoms. The largest absolute Gasteiger partial charge is 0.340 e. The van der Waals surface area contributed by atoms with Crippen molar-refractivity contribution in [3.63, 3.8) is 0 Å². The number of piperidine rings is 1. The molecule has 1 aliphatic heterocycles. The number of aromatic nitrogens is 3. The molecular formula is C15H20BrN5. The Morgan fingerprint density at radius 2 is 2.14 bits per heavy atom.